The molecule has 2 spiro atoms. The van der Waals surface area contributed by atoms with Crippen LogP contribution < -0.4 is 0 Å². The van der Waals surface area contributed by atoms with E-state index in [4.69, 9.17) is 43.2 Å². The monoisotopic (exact) mass is 606 g/mol. The van der Waals surface area contributed by atoms with E-state index < -0.39 is 35.4 Å². The predicted molar refractivity (Wildman–Crippen MR) is 154 cm³/mol. The van der Waals surface area contributed by atoms with Gasteiger partial charge >= 0.3 is 0 Å². The van der Waals surface area contributed by atoms with Crippen molar-refractivity contribution in [3.63, 3.8) is 0 Å². The SMILES string of the molecule is CCO[C@@H](C[C@H]1O[C@@H]2O[C@]3(C)CC[C@H]4[C@H](C)CC[C@@H]([C@H]1C)C24OO3)C1O[C@@H]2O[C@]3(C)CC[C@H]4[C@H](C)CC[C@@H]([C@H]1C)C24OO3. The zero-order valence-electron chi connectivity index (χ0n) is 27.3. The number of ether oxygens (including phenoxy) is 5. The Morgan fingerprint density at radius 2 is 1.19 bits per heavy atom. The van der Waals surface area contributed by atoms with Crippen LogP contribution in [0.1, 0.15) is 106 Å². The zero-order chi connectivity index (χ0) is 29.9. The normalized spacial score (nSPS) is 59.5. The first-order valence-corrected chi connectivity index (χ1v) is 17.6. The maximum Gasteiger partial charge on any atom is 0.201 e. The quantitative estimate of drug-likeness (QED) is 0.336. The molecule has 10 aliphatic rings. The lowest BCUT2D eigenvalue weighted by Crippen LogP contribution is -2.72. The molecule has 4 bridgehead atoms. The summed E-state index contributed by atoms with van der Waals surface area (Å²) >= 11 is 0. The molecule has 3 unspecified atom stereocenters. The first-order chi connectivity index (χ1) is 20.5. The molecule has 8 heterocycles. The van der Waals surface area contributed by atoms with Crippen molar-refractivity contribution in [1.82, 2.24) is 0 Å². The van der Waals surface area contributed by atoms with E-state index in [0.717, 1.165) is 44.9 Å². The molecule has 10 rings (SSSR count). The highest BCUT2D eigenvalue weighted by atomic mass is 17.3. The minimum atomic E-state index is -0.790. The van der Waals surface area contributed by atoms with Crippen molar-refractivity contribution in [2.45, 2.75) is 160 Å². The van der Waals surface area contributed by atoms with Gasteiger partial charge in [-0.2, -0.15) is 0 Å². The van der Waals surface area contributed by atoms with E-state index in [1.807, 2.05) is 13.8 Å². The van der Waals surface area contributed by atoms with Crippen molar-refractivity contribution in [2.75, 3.05) is 6.61 Å². The number of hydrogen-bond acceptors (Lipinski definition) is 9. The Kier molecular flexibility index (Phi) is 7.20. The van der Waals surface area contributed by atoms with Crippen molar-refractivity contribution < 1.29 is 43.2 Å². The minimum Gasteiger partial charge on any atom is -0.376 e. The molecule has 0 amide bonds. The highest BCUT2D eigenvalue weighted by Gasteiger charge is 2.71. The molecule has 0 aromatic carbocycles. The van der Waals surface area contributed by atoms with Crippen LogP contribution in [-0.4, -0.2) is 60.3 Å². The standard InChI is InChI=1S/C34H54O9/c1-8-35-27(28-21(5)25-12-10-19(3)23-14-16-32(7)39-30(37-28)34(23,25)43-41-32)17-26-20(4)24-11-9-18(2)22-13-15-31(6)38-29(36-26)33(22,24)42-40-31/h18-30H,8-17H2,1-7H3/t18-,19-,20-,21-,22+,23+,24+,25+,26-,27+,28?,29-,30-,31+,32+,33?,34?/m1/s1. The Morgan fingerprint density at radius 3 is 1.74 bits per heavy atom. The summed E-state index contributed by atoms with van der Waals surface area (Å²) in [6, 6.07) is 0. The van der Waals surface area contributed by atoms with Crippen LogP contribution in [0.25, 0.3) is 0 Å². The van der Waals surface area contributed by atoms with Gasteiger partial charge < -0.3 is 23.7 Å². The molecule has 8 saturated heterocycles. The molecule has 0 N–H and O–H groups in total. The molecule has 0 aromatic rings. The van der Waals surface area contributed by atoms with Gasteiger partial charge in [0.15, 0.2) is 23.8 Å². The fraction of sp³-hybridized carbons (Fsp3) is 1.00. The molecule has 17 atom stereocenters. The van der Waals surface area contributed by atoms with Crippen LogP contribution in [-0.2, 0) is 43.2 Å². The van der Waals surface area contributed by atoms with Crippen LogP contribution in [0.4, 0.5) is 0 Å². The first kappa shape index (κ1) is 30.0. The van der Waals surface area contributed by atoms with Crippen LogP contribution in [0.3, 0.4) is 0 Å². The fourth-order valence-corrected chi connectivity index (χ4v) is 11.3. The fourth-order valence-electron chi connectivity index (χ4n) is 11.3. The smallest absolute Gasteiger partial charge is 0.201 e. The van der Waals surface area contributed by atoms with E-state index in [0.29, 0.717) is 36.2 Å². The number of rotatable bonds is 5. The van der Waals surface area contributed by atoms with E-state index in [-0.39, 0.29) is 36.1 Å². The maximum absolute atomic E-state index is 7.05. The Bertz CT molecular complexity index is 1070. The summed E-state index contributed by atoms with van der Waals surface area (Å²) in [5.41, 5.74) is -1.13. The summed E-state index contributed by atoms with van der Waals surface area (Å²) in [6.07, 6.45) is 7.71. The van der Waals surface area contributed by atoms with E-state index >= 15 is 0 Å². The Labute approximate surface area is 257 Å². The molecule has 0 radical (unpaired) electrons. The molecule has 43 heavy (non-hydrogen) atoms. The second kappa shape index (κ2) is 10.3. The lowest BCUT2D eigenvalue weighted by atomic mass is 9.56. The average molecular weight is 607 g/mol. The third-order valence-corrected chi connectivity index (χ3v) is 13.7. The zero-order valence-corrected chi connectivity index (χ0v) is 27.3. The van der Waals surface area contributed by atoms with Crippen LogP contribution in [0.15, 0.2) is 0 Å². The summed E-state index contributed by atoms with van der Waals surface area (Å²) < 4.78 is 34.0. The van der Waals surface area contributed by atoms with Gasteiger partial charge in [0.25, 0.3) is 0 Å². The maximum atomic E-state index is 7.05. The first-order valence-electron chi connectivity index (χ1n) is 17.6. The molecular weight excluding hydrogens is 552 g/mol. The summed E-state index contributed by atoms with van der Waals surface area (Å²) in [7, 11) is 0. The van der Waals surface area contributed by atoms with E-state index in [1.165, 1.54) is 12.8 Å². The summed E-state index contributed by atoms with van der Waals surface area (Å²) in [5.74, 6) is 1.25. The average Bonchev–Trinajstić information content (AvgIpc) is 3.35. The third-order valence-electron chi connectivity index (χ3n) is 13.7. The number of fused-ring (bicyclic) bond motifs is 4. The van der Waals surface area contributed by atoms with Crippen LogP contribution in [0.2, 0.25) is 0 Å². The molecule has 2 aliphatic carbocycles. The molecule has 2 saturated carbocycles. The van der Waals surface area contributed by atoms with Gasteiger partial charge in [-0.3, -0.25) is 0 Å². The highest BCUT2D eigenvalue weighted by molar-refractivity contribution is 5.12. The molecule has 9 heteroatoms. The largest absolute Gasteiger partial charge is 0.376 e. The van der Waals surface area contributed by atoms with Gasteiger partial charge in [0.1, 0.15) is 0 Å². The van der Waals surface area contributed by atoms with Crippen molar-refractivity contribution in [3.05, 3.63) is 0 Å². The van der Waals surface area contributed by atoms with Crippen molar-refractivity contribution in [3.8, 4) is 0 Å². The Balaban J connectivity index is 1.09. The van der Waals surface area contributed by atoms with Gasteiger partial charge in [-0.15, -0.1) is 0 Å². The predicted octanol–water partition coefficient (Wildman–Crippen LogP) is 6.28. The van der Waals surface area contributed by atoms with Crippen molar-refractivity contribution in [1.29, 1.82) is 0 Å². The minimum absolute atomic E-state index is 0.0489. The summed E-state index contributed by atoms with van der Waals surface area (Å²) in [4.78, 5) is 24.9. The van der Waals surface area contributed by atoms with Gasteiger partial charge in [-0.05, 0) is 94.8 Å². The summed E-state index contributed by atoms with van der Waals surface area (Å²) in [5, 5.41) is 0. The van der Waals surface area contributed by atoms with Crippen LogP contribution >= 0.6 is 0 Å². The van der Waals surface area contributed by atoms with Gasteiger partial charge in [-0.1, -0.05) is 27.7 Å². The van der Waals surface area contributed by atoms with Crippen molar-refractivity contribution in [2.24, 2.45) is 47.3 Å². The lowest BCUT2D eigenvalue weighted by molar-refractivity contribution is -0.574. The van der Waals surface area contributed by atoms with Gasteiger partial charge in [0.2, 0.25) is 11.6 Å². The van der Waals surface area contributed by atoms with Crippen molar-refractivity contribution >= 4 is 0 Å². The van der Waals surface area contributed by atoms with Gasteiger partial charge in [-0.25, -0.2) is 19.6 Å². The highest BCUT2D eigenvalue weighted by Crippen LogP contribution is 2.63. The molecule has 0 aromatic heterocycles. The van der Waals surface area contributed by atoms with E-state index in [9.17, 15) is 0 Å². The molecule has 10 fully saturated rings. The van der Waals surface area contributed by atoms with Crippen LogP contribution in [0.5, 0.6) is 0 Å². The van der Waals surface area contributed by atoms with Crippen LogP contribution in [0, 0.1) is 47.3 Å². The molecular formula is C34H54O9. The molecule has 9 nitrogen and oxygen atoms in total. The van der Waals surface area contributed by atoms with Gasteiger partial charge in [0.05, 0.1) is 18.3 Å². The Hall–Kier alpha value is -0.360. The third kappa shape index (κ3) is 4.21. The van der Waals surface area contributed by atoms with E-state index in [2.05, 4.69) is 34.6 Å². The number of hydrogen-bond donors (Lipinski definition) is 0. The van der Waals surface area contributed by atoms with Gasteiger partial charge in [0, 0.05) is 37.7 Å². The topological polar surface area (TPSA) is 83.1 Å². The Morgan fingerprint density at radius 1 is 0.651 bits per heavy atom. The summed E-state index contributed by atoms with van der Waals surface area (Å²) in [6.45, 7) is 16.1. The molecule has 244 valence electrons. The second-order valence-electron chi connectivity index (χ2n) is 16.0. The second-order valence-corrected chi connectivity index (χ2v) is 16.0. The lowest BCUT2D eigenvalue weighted by Gasteiger charge is -2.62. The molecule has 8 aliphatic heterocycles. The van der Waals surface area contributed by atoms with E-state index in [1.54, 1.807) is 0 Å².